The van der Waals surface area contributed by atoms with Crippen molar-refractivity contribution in [2.75, 3.05) is 27.9 Å². The van der Waals surface area contributed by atoms with E-state index in [1.807, 2.05) is 32.9 Å². The third-order valence-corrected chi connectivity index (χ3v) is 12.9. The zero-order valence-corrected chi connectivity index (χ0v) is 35.1. The number of cyclic esters (lactones) is 1. The fourth-order valence-corrected chi connectivity index (χ4v) is 9.39. The SMILES string of the molecule is CCC1/C=C(/C)CC(C)CC(OC)C2OC(O)(C(=O)C(=O)N3CCCCC3C(=O)OC(/C(C)=C/C3CCC(O)C(OC)C3)C(C)C(O)CC1=O)C(C)CC2OC. The molecule has 4 rings (SSSR count). The lowest BCUT2D eigenvalue weighted by Gasteiger charge is -2.47. The molecule has 13 nitrogen and oxygen atoms in total. The Morgan fingerprint density at radius 1 is 0.911 bits per heavy atom. The van der Waals surface area contributed by atoms with Gasteiger partial charge in [0.05, 0.1) is 30.5 Å². The Balaban J connectivity index is 1.76. The summed E-state index contributed by atoms with van der Waals surface area (Å²) in [6.07, 6.45) is 3.72. The molecule has 318 valence electrons. The van der Waals surface area contributed by atoms with E-state index in [9.17, 15) is 34.5 Å². The van der Waals surface area contributed by atoms with Crippen molar-refractivity contribution in [2.24, 2.45) is 29.6 Å². The molecule has 56 heavy (non-hydrogen) atoms. The van der Waals surface area contributed by atoms with E-state index in [0.717, 1.165) is 5.57 Å². The molecule has 3 heterocycles. The number of rotatable bonds is 6. The van der Waals surface area contributed by atoms with Crippen LogP contribution in [-0.2, 0) is 42.9 Å². The number of esters is 1. The first kappa shape index (κ1) is 46.2. The molecule has 14 atom stereocenters. The number of hydrogen-bond donors (Lipinski definition) is 3. The van der Waals surface area contributed by atoms with Crippen LogP contribution in [0.1, 0.15) is 112 Å². The van der Waals surface area contributed by atoms with E-state index in [1.165, 1.54) is 19.1 Å². The van der Waals surface area contributed by atoms with Gasteiger partial charge in [-0.15, -0.1) is 0 Å². The highest BCUT2D eigenvalue weighted by molar-refractivity contribution is 6.39. The molecule has 3 N–H and O–H groups in total. The second-order valence-electron chi connectivity index (χ2n) is 17.2. The Morgan fingerprint density at radius 2 is 1.57 bits per heavy atom. The zero-order valence-electron chi connectivity index (χ0n) is 35.1. The molecule has 1 amide bonds. The van der Waals surface area contributed by atoms with Gasteiger partial charge in [0.1, 0.15) is 24.0 Å². The lowest BCUT2D eigenvalue weighted by atomic mass is 9.81. The van der Waals surface area contributed by atoms with E-state index in [2.05, 4.69) is 6.92 Å². The van der Waals surface area contributed by atoms with Gasteiger partial charge in [-0.2, -0.15) is 0 Å². The molecule has 3 fully saturated rings. The number of carbonyl (C=O) groups excluding carboxylic acids is 4. The van der Waals surface area contributed by atoms with Crippen LogP contribution in [0.25, 0.3) is 0 Å². The maximum absolute atomic E-state index is 14.3. The van der Waals surface area contributed by atoms with Crippen molar-refractivity contribution in [3.63, 3.8) is 0 Å². The molecule has 4 aliphatic rings. The second-order valence-corrected chi connectivity index (χ2v) is 17.2. The van der Waals surface area contributed by atoms with Crippen LogP contribution in [0.5, 0.6) is 0 Å². The van der Waals surface area contributed by atoms with Crippen LogP contribution in [0.3, 0.4) is 0 Å². The average Bonchev–Trinajstić information content (AvgIpc) is 3.18. The van der Waals surface area contributed by atoms with E-state index in [1.54, 1.807) is 21.0 Å². The van der Waals surface area contributed by atoms with Crippen molar-refractivity contribution in [3.05, 3.63) is 23.3 Å². The van der Waals surface area contributed by atoms with Gasteiger partial charge in [0.25, 0.3) is 11.7 Å². The number of hydrogen-bond acceptors (Lipinski definition) is 12. The number of fused-ring (bicyclic) bond motifs is 3. The quantitative estimate of drug-likeness (QED) is 0.196. The van der Waals surface area contributed by atoms with Gasteiger partial charge in [-0.25, -0.2) is 4.79 Å². The molecule has 0 aromatic heterocycles. The number of amides is 1. The minimum Gasteiger partial charge on any atom is -0.456 e. The van der Waals surface area contributed by atoms with Crippen LogP contribution in [-0.4, -0.2) is 126 Å². The van der Waals surface area contributed by atoms with Gasteiger partial charge >= 0.3 is 5.97 Å². The molecule has 0 aromatic carbocycles. The number of piperidine rings is 1. The summed E-state index contributed by atoms with van der Waals surface area (Å²) in [7, 11) is 4.63. The number of nitrogens with zero attached hydrogens (tertiary/aromatic N) is 1. The lowest BCUT2D eigenvalue weighted by Crippen LogP contribution is -2.64. The van der Waals surface area contributed by atoms with Gasteiger partial charge in [0.2, 0.25) is 5.79 Å². The van der Waals surface area contributed by atoms with Gasteiger partial charge in [-0.05, 0) is 95.5 Å². The topological polar surface area (TPSA) is 178 Å². The van der Waals surface area contributed by atoms with Crippen molar-refractivity contribution in [1.29, 1.82) is 0 Å². The highest BCUT2D eigenvalue weighted by Crippen LogP contribution is 2.39. The minimum absolute atomic E-state index is 0.000914. The average molecular weight is 792 g/mol. The Bertz CT molecular complexity index is 1430. The third-order valence-electron chi connectivity index (χ3n) is 12.9. The zero-order chi connectivity index (χ0) is 41.5. The molecule has 1 saturated carbocycles. The Labute approximate surface area is 333 Å². The van der Waals surface area contributed by atoms with Gasteiger partial charge in [-0.1, -0.05) is 45.4 Å². The van der Waals surface area contributed by atoms with Crippen LogP contribution in [0.4, 0.5) is 0 Å². The highest BCUT2D eigenvalue weighted by Gasteiger charge is 2.56. The molecule has 13 heteroatoms. The minimum atomic E-state index is -2.50. The predicted octanol–water partition coefficient (Wildman–Crippen LogP) is 4.47. The van der Waals surface area contributed by atoms with Crippen molar-refractivity contribution in [1.82, 2.24) is 4.90 Å². The summed E-state index contributed by atoms with van der Waals surface area (Å²) < 4.78 is 29.7. The summed E-state index contributed by atoms with van der Waals surface area (Å²) in [5.74, 6) is -7.50. The fourth-order valence-electron chi connectivity index (χ4n) is 9.39. The van der Waals surface area contributed by atoms with E-state index in [4.69, 9.17) is 23.7 Å². The van der Waals surface area contributed by atoms with E-state index in [0.29, 0.717) is 56.9 Å². The molecule has 0 spiro atoms. The number of Topliss-reactive ketones (excluding diaryl/α,β-unsaturated/α-hetero) is 2. The van der Waals surface area contributed by atoms with Crippen LogP contribution >= 0.6 is 0 Å². The van der Waals surface area contributed by atoms with Crippen LogP contribution in [0.15, 0.2) is 23.3 Å². The lowest BCUT2D eigenvalue weighted by molar-refractivity contribution is -0.302. The number of ketones is 2. The van der Waals surface area contributed by atoms with Gasteiger partial charge < -0.3 is 43.9 Å². The molecule has 14 unspecified atom stereocenters. The van der Waals surface area contributed by atoms with Crippen molar-refractivity contribution < 1.29 is 58.2 Å². The summed E-state index contributed by atoms with van der Waals surface area (Å²) in [4.78, 5) is 57.6. The maximum Gasteiger partial charge on any atom is 0.329 e. The van der Waals surface area contributed by atoms with Gasteiger partial charge in [0.15, 0.2) is 0 Å². The first-order valence-corrected chi connectivity index (χ1v) is 20.8. The van der Waals surface area contributed by atoms with E-state index < -0.39 is 83.9 Å². The van der Waals surface area contributed by atoms with Crippen molar-refractivity contribution in [3.8, 4) is 0 Å². The molecule has 0 radical (unpaired) electrons. The Kier molecular flexibility index (Phi) is 16.9. The number of ether oxygens (including phenoxy) is 5. The summed E-state index contributed by atoms with van der Waals surface area (Å²) in [6.45, 7) is 11.3. The summed E-state index contributed by atoms with van der Waals surface area (Å²) >= 11 is 0. The second kappa shape index (κ2) is 20.4. The van der Waals surface area contributed by atoms with Crippen molar-refractivity contribution in [2.45, 2.75) is 167 Å². The summed E-state index contributed by atoms with van der Waals surface area (Å²) in [6, 6.07) is -1.13. The molecule has 3 aliphatic heterocycles. The van der Waals surface area contributed by atoms with E-state index in [-0.39, 0.29) is 49.5 Å². The Hall–Kier alpha value is -2.52. The molecule has 2 saturated heterocycles. The summed E-state index contributed by atoms with van der Waals surface area (Å²) in [5.41, 5.74) is 1.66. The molecular formula is C43H69NO12. The number of allylic oxidation sites excluding steroid dienone is 3. The molecule has 1 aliphatic carbocycles. The van der Waals surface area contributed by atoms with Crippen LogP contribution < -0.4 is 0 Å². The monoisotopic (exact) mass is 791 g/mol. The van der Waals surface area contributed by atoms with E-state index >= 15 is 0 Å². The van der Waals surface area contributed by atoms with Crippen molar-refractivity contribution >= 4 is 23.4 Å². The maximum atomic E-state index is 14.3. The Morgan fingerprint density at radius 3 is 2.21 bits per heavy atom. The van der Waals surface area contributed by atoms with Gasteiger partial charge in [-0.3, -0.25) is 14.4 Å². The molecular weight excluding hydrogens is 722 g/mol. The standard InChI is InChI=1S/C43H69NO12/c1-10-30-18-24(2)17-25(3)19-36(53-8)39-37(54-9)21-27(5)43(51,56-39)40(48)41(49)44-16-12-11-13-31(44)42(50)55-38(28(6)33(46)23-34(30)47)26(4)20-29-14-15-32(45)35(22-29)52-7/h18,20,25,27-33,35-39,45-46,51H,10-17,19,21-23H2,1-9H3/b24-18-,26-20+. The van der Waals surface area contributed by atoms with Gasteiger partial charge in [0, 0.05) is 52.0 Å². The normalized spacial score (nSPS) is 41.6. The first-order valence-electron chi connectivity index (χ1n) is 20.8. The molecule has 2 bridgehead atoms. The highest BCUT2D eigenvalue weighted by atomic mass is 16.7. The first-order chi connectivity index (χ1) is 26.5. The number of carbonyl (C=O) groups is 4. The number of aliphatic hydroxyl groups excluding tert-OH is 2. The largest absolute Gasteiger partial charge is 0.456 e. The number of aliphatic hydroxyl groups is 3. The number of methoxy groups -OCH3 is 3. The molecule has 0 aromatic rings. The third kappa shape index (κ3) is 10.7. The predicted molar refractivity (Wildman–Crippen MR) is 208 cm³/mol. The summed E-state index contributed by atoms with van der Waals surface area (Å²) in [5, 5.41) is 34.1. The van der Waals surface area contributed by atoms with Crippen LogP contribution in [0, 0.1) is 29.6 Å². The van der Waals surface area contributed by atoms with Crippen LogP contribution in [0.2, 0.25) is 0 Å². The smallest absolute Gasteiger partial charge is 0.329 e. The fraction of sp³-hybridized carbons (Fsp3) is 0.814.